The lowest BCUT2D eigenvalue weighted by Gasteiger charge is -2.20. The van der Waals surface area contributed by atoms with Gasteiger partial charge in [0.25, 0.3) is 0 Å². The van der Waals surface area contributed by atoms with Gasteiger partial charge in [0.2, 0.25) is 0 Å². The van der Waals surface area contributed by atoms with Crippen molar-refractivity contribution >= 4 is 14.6 Å². The SMILES string of the molecule is CCCCCCCCCCCCCOc1cccc(CC(COP(O)OCCNC)OC(=O)CCC)c1. The molecule has 0 aliphatic carbocycles. The fraction of sp³-hybridized carbons (Fsp3) is 0.759. The highest BCUT2D eigenvalue weighted by atomic mass is 31.2. The maximum absolute atomic E-state index is 12.1. The van der Waals surface area contributed by atoms with Gasteiger partial charge in [-0.1, -0.05) is 90.2 Å². The predicted molar refractivity (Wildman–Crippen MR) is 152 cm³/mol. The first-order valence-electron chi connectivity index (χ1n) is 14.4. The van der Waals surface area contributed by atoms with E-state index in [9.17, 15) is 9.69 Å². The Hall–Kier alpha value is -1.24. The number of likely N-dealkylation sites (N-methyl/N-ethyl adjacent to an activating group) is 1. The molecule has 0 amide bonds. The Bertz CT molecular complexity index is 678. The topological polar surface area (TPSA) is 86.2 Å². The number of benzene rings is 1. The number of unbranched alkanes of at least 4 members (excludes halogenated alkanes) is 10. The number of carbonyl (C=O) groups is 1. The summed E-state index contributed by atoms with van der Waals surface area (Å²) in [4.78, 5) is 22.1. The lowest BCUT2D eigenvalue weighted by atomic mass is 10.1. The second-order valence-corrected chi connectivity index (χ2v) is 10.6. The zero-order valence-electron chi connectivity index (χ0n) is 23.6. The second kappa shape index (κ2) is 23.8. The molecule has 0 heterocycles. The molecular weight excluding hydrogens is 489 g/mol. The van der Waals surface area contributed by atoms with E-state index < -0.39 is 14.7 Å². The molecule has 0 spiro atoms. The molecule has 0 aliphatic heterocycles. The third-order valence-electron chi connectivity index (χ3n) is 6.06. The van der Waals surface area contributed by atoms with Crippen molar-refractivity contribution in [2.45, 2.75) is 110 Å². The van der Waals surface area contributed by atoms with E-state index in [1.165, 1.54) is 64.2 Å². The third-order valence-corrected chi connectivity index (χ3v) is 6.83. The van der Waals surface area contributed by atoms with E-state index in [1.807, 2.05) is 38.2 Å². The first kappa shape index (κ1) is 33.8. The van der Waals surface area contributed by atoms with Gasteiger partial charge in [-0.15, -0.1) is 0 Å². The molecule has 8 heteroatoms. The van der Waals surface area contributed by atoms with Crippen molar-refractivity contribution in [3.8, 4) is 5.75 Å². The molecule has 7 nitrogen and oxygen atoms in total. The van der Waals surface area contributed by atoms with Crippen LogP contribution in [0.5, 0.6) is 5.75 Å². The van der Waals surface area contributed by atoms with Gasteiger partial charge in [-0.25, -0.2) is 0 Å². The normalized spacial score (nSPS) is 12.9. The van der Waals surface area contributed by atoms with E-state index in [4.69, 9.17) is 18.5 Å². The summed E-state index contributed by atoms with van der Waals surface area (Å²) in [6.07, 6.45) is 15.5. The Morgan fingerprint density at radius 1 is 0.919 bits per heavy atom. The molecule has 214 valence electrons. The molecule has 1 rings (SSSR count). The number of ether oxygens (including phenoxy) is 2. The van der Waals surface area contributed by atoms with Crippen molar-refractivity contribution in [3.05, 3.63) is 29.8 Å². The summed E-state index contributed by atoms with van der Waals surface area (Å²) in [6, 6.07) is 7.89. The fourth-order valence-corrected chi connectivity index (χ4v) is 4.59. The minimum absolute atomic E-state index is 0.0705. The second-order valence-electron chi connectivity index (χ2n) is 9.57. The summed E-state index contributed by atoms with van der Waals surface area (Å²) < 4.78 is 22.3. The Labute approximate surface area is 227 Å². The van der Waals surface area contributed by atoms with Gasteiger partial charge in [-0.05, 0) is 37.6 Å². The molecule has 2 N–H and O–H groups in total. The van der Waals surface area contributed by atoms with Crippen LogP contribution in [0.15, 0.2) is 24.3 Å². The lowest BCUT2D eigenvalue weighted by Crippen LogP contribution is -2.25. The summed E-state index contributed by atoms with van der Waals surface area (Å²) in [5, 5.41) is 2.94. The van der Waals surface area contributed by atoms with E-state index in [0.717, 1.165) is 17.7 Å². The maximum atomic E-state index is 12.1. The Morgan fingerprint density at radius 2 is 1.59 bits per heavy atom. The largest absolute Gasteiger partial charge is 0.494 e. The van der Waals surface area contributed by atoms with Crippen molar-refractivity contribution in [1.82, 2.24) is 5.32 Å². The molecule has 0 saturated heterocycles. The van der Waals surface area contributed by atoms with Crippen LogP contribution in [0.4, 0.5) is 0 Å². The van der Waals surface area contributed by atoms with E-state index >= 15 is 0 Å². The van der Waals surface area contributed by atoms with Crippen LogP contribution in [0, 0.1) is 0 Å². The molecule has 37 heavy (non-hydrogen) atoms. The molecular formula is C29H52NO6P. The molecule has 0 fully saturated rings. The van der Waals surface area contributed by atoms with E-state index in [0.29, 0.717) is 39.0 Å². The number of esters is 1. The number of carbonyl (C=O) groups excluding carboxylic acids is 1. The summed E-state index contributed by atoms with van der Waals surface area (Å²) in [5.41, 5.74) is 0.993. The highest BCUT2D eigenvalue weighted by Crippen LogP contribution is 2.33. The van der Waals surface area contributed by atoms with Gasteiger partial charge in [0.15, 0.2) is 0 Å². The van der Waals surface area contributed by atoms with Crippen LogP contribution in [0.2, 0.25) is 0 Å². The number of hydrogen-bond donors (Lipinski definition) is 2. The van der Waals surface area contributed by atoms with E-state index in [1.54, 1.807) is 0 Å². The first-order chi connectivity index (χ1) is 18.1. The molecule has 0 bridgehead atoms. The van der Waals surface area contributed by atoms with Crippen molar-refractivity contribution in [2.75, 3.05) is 33.4 Å². The van der Waals surface area contributed by atoms with Crippen molar-refractivity contribution in [3.63, 3.8) is 0 Å². The number of nitrogens with one attached hydrogen (secondary N) is 1. The maximum Gasteiger partial charge on any atom is 0.330 e. The van der Waals surface area contributed by atoms with Crippen LogP contribution >= 0.6 is 8.60 Å². The predicted octanol–water partition coefficient (Wildman–Crippen LogP) is 7.10. The molecule has 1 aromatic rings. The zero-order chi connectivity index (χ0) is 27.0. The fourth-order valence-electron chi connectivity index (χ4n) is 3.97. The van der Waals surface area contributed by atoms with Gasteiger partial charge in [0.1, 0.15) is 11.9 Å². The minimum Gasteiger partial charge on any atom is -0.494 e. The average Bonchev–Trinajstić information content (AvgIpc) is 2.88. The molecule has 0 radical (unpaired) electrons. The van der Waals surface area contributed by atoms with Gasteiger partial charge in [0, 0.05) is 19.4 Å². The lowest BCUT2D eigenvalue weighted by molar-refractivity contribution is -0.150. The van der Waals surface area contributed by atoms with Crippen molar-refractivity contribution in [2.24, 2.45) is 0 Å². The Kier molecular flexibility index (Phi) is 21.8. The molecule has 0 aromatic heterocycles. The average molecular weight is 542 g/mol. The van der Waals surface area contributed by atoms with Crippen LogP contribution in [-0.2, 0) is 25.0 Å². The Balaban J connectivity index is 2.36. The molecule has 1 aromatic carbocycles. The third kappa shape index (κ3) is 19.5. The van der Waals surface area contributed by atoms with Gasteiger partial charge in [-0.2, -0.15) is 0 Å². The van der Waals surface area contributed by atoms with Crippen molar-refractivity contribution in [1.29, 1.82) is 0 Å². The Morgan fingerprint density at radius 3 is 2.24 bits per heavy atom. The van der Waals surface area contributed by atoms with Crippen LogP contribution in [0.25, 0.3) is 0 Å². The van der Waals surface area contributed by atoms with Gasteiger partial charge >= 0.3 is 14.6 Å². The zero-order valence-corrected chi connectivity index (χ0v) is 24.4. The molecule has 2 unspecified atom stereocenters. The monoisotopic (exact) mass is 541 g/mol. The number of hydrogen-bond acceptors (Lipinski definition) is 7. The summed E-state index contributed by atoms with van der Waals surface area (Å²) in [5.74, 6) is 0.558. The molecule has 2 atom stereocenters. The highest BCUT2D eigenvalue weighted by molar-refractivity contribution is 7.40. The van der Waals surface area contributed by atoms with E-state index in [2.05, 4.69) is 12.2 Å². The van der Waals surface area contributed by atoms with Crippen LogP contribution < -0.4 is 10.1 Å². The van der Waals surface area contributed by atoms with E-state index in [-0.39, 0.29) is 12.6 Å². The standard InChI is InChI=1S/C29H52NO6P/c1-4-6-7-8-9-10-11-12-13-14-15-21-33-27-19-16-18-26(23-27)24-28(36-29(31)17-5-2)25-35-37(32)34-22-20-30-3/h16,18-19,23,28,30,32H,4-15,17,20-22,24-25H2,1-3H3. The first-order valence-corrected chi connectivity index (χ1v) is 15.5. The van der Waals surface area contributed by atoms with Crippen LogP contribution in [-0.4, -0.2) is 50.4 Å². The van der Waals surface area contributed by atoms with Gasteiger partial charge in [0.05, 0.1) is 19.8 Å². The summed E-state index contributed by atoms with van der Waals surface area (Å²) >= 11 is 0. The quantitative estimate of drug-likeness (QED) is 0.0775. The smallest absolute Gasteiger partial charge is 0.330 e. The summed E-state index contributed by atoms with van der Waals surface area (Å²) in [7, 11) is -0.207. The van der Waals surface area contributed by atoms with Gasteiger partial charge < -0.3 is 28.7 Å². The highest BCUT2D eigenvalue weighted by Gasteiger charge is 2.19. The summed E-state index contributed by atoms with van der Waals surface area (Å²) in [6.45, 7) is 5.93. The van der Waals surface area contributed by atoms with Crippen LogP contribution in [0.1, 0.15) is 103 Å². The number of rotatable bonds is 25. The molecule has 0 saturated carbocycles. The molecule has 0 aliphatic rings. The van der Waals surface area contributed by atoms with Crippen LogP contribution in [0.3, 0.4) is 0 Å². The minimum atomic E-state index is -2.02. The van der Waals surface area contributed by atoms with Crippen molar-refractivity contribution < 1.29 is 28.2 Å². The van der Waals surface area contributed by atoms with Gasteiger partial charge in [-0.3, -0.25) is 4.79 Å².